The maximum Gasteiger partial charge on any atom is 0.0456 e. The number of aromatic nitrogens is 1. The van der Waals surface area contributed by atoms with Crippen LogP contribution in [0, 0.1) is 0 Å². The molecule has 3 rings (SSSR count). The van der Waals surface area contributed by atoms with Crippen LogP contribution in [0.4, 0.5) is 0 Å². The second-order valence-corrected chi connectivity index (χ2v) is 4.89. The van der Waals surface area contributed by atoms with E-state index in [1.54, 1.807) is 0 Å². The van der Waals surface area contributed by atoms with Gasteiger partial charge in [-0.05, 0) is 42.1 Å². The normalized spacial score (nSPS) is 11.0. The molecule has 0 amide bonds. The first kappa shape index (κ1) is 12.0. The minimum absolute atomic E-state index is 0.705. The zero-order valence-electron chi connectivity index (χ0n) is 10.9. The fourth-order valence-electron chi connectivity index (χ4n) is 2.56. The quantitative estimate of drug-likeness (QED) is 0.733. The average molecular weight is 250 g/mol. The number of nitrogens with two attached hydrogens (primary N) is 1. The Morgan fingerprint density at radius 3 is 2.68 bits per heavy atom. The molecular formula is C17H18N2. The number of aromatic amines is 1. The molecule has 0 spiro atoms. The molecule has 0 aliphatic carbocycles. The highest BCUT2D eigenvalue weighted by atomic mass is 14.7. The maximum absolute atomic E-state index is 5.62. The van der Waals surface area contributed by atoms with Crippen molar-refractivity contribution >= 4 is 10.9 Å². The smallest absolute Gasteiger partial charge is 0.0456 e. The molecule has 1 aromatic heterocycles. The summed E-state index contributed by atoms with van der Waals surface area (Å²) in [7, 11) is 0. The maximum atomic E-state index is 5.62. The van der Waals surface area contributed by atoms with Crippen molar-refractivity contribution < 1.29 is 0 Å². The fraction of sp³-hybridized carbons (Fsp3) is 0.176. The number of benzene rings is 2. The number of para-hydroxylation sites is 1. The average Bonchev–Trinajstić information content (AvgIpc) is 2.83. The lowest BCUT2D eigenvalue weighted by Crippen LogP contribution is -2.02. The first-order valence-corrected chi connectivity index (χ1v) is 6.69. The Kier molecular flexibility index (Phi) is 3.34. The van der Waals surface area contributed by atoms with Gasteiger partial charge in [-0.25, -0.2) is 0 Å². The van der Waals surface area contributed by atoms with E-state index in [0.29, 0.717) is 6.54 Å². The van der Waals surface area contributed by atoms with Crippen LogP contribution in [0.2, 0.25) is 0 Å². The summed E-state index contributed by atoms with van der Waals surface area (Å²) in [4.78, 5) is 3.33. The first-order chi connectivity index (χ1) is 9.36. The monoisotopic (exact) mass is 250 g/mol. The third-order valence-corrected chi connectivity index (χ3v) is 3.49. The Bertz CT molecular complexity index is 682. The van der Waals surface area contributed by atoms with Crippen LogP contribution in [0.1, 0.15) is 16.7 Å². The predicted molar refractivity (Wildman–Crippen MR) is 80.3 cm³/mol. The van der Waals surface area contributed by atoms with Crippen LogP contribution in [0.5, 0.6) is 0 Å². The molecule has 0 aliphatic heterocycles. The van der Waals surface area contributed by atoms with Crippen molar-refractivity contribution in [3.05, 3.63) is 71.4 Å². The molecule has 3 aromatic rings. The van der Waals surface area contributed by atoms with Gasteiger partial charge in [0, 0.05) is 17.1 Å². The number of H-pyrrole nitrogens is 1. The molecule has 0 saturated carbocycles. The predicted octanol–water partition coefficient (Wildman–Crippen LogP) is 3.26. The highest BCUT2D eigenvalue weighted by Gasteiger charge is 2.04. The zero-order valence-corrected chi connectivity index (χ0v) is 10.9. The molecule has 96 valence electrons. The van der Waals surface area contributed by atoms with Crippen molar-refractivity contribution in [3.63, 3.8) is 0 Å². The van der Waals surface area contributed by atoms with Crippen molar-refractivity contribution in [2.75, 3.05) is 6.54 Å². The number of hydrogen-bond acceptors (Lipinski definition) is 1. The minimum Gasteiger partial charge on any atom is -0.361 e. The van der Waals surface area contributed by atoms with Crippen LogP contribution in [0.3, 0.4) is 0 Å². The van der Waals surface area contributed by atoms with E-state index in [1.807, 2.05) is 0 Å². The molecule has 0 aliphatic rings. The Morgan fingerprint density at radius 2 is 1.79 bits per heavy atom. The third kappa shape index (κ3) is 2.54. The summed E-state index contributed by atoms with van der Waals surface area (Å²) in [6, 6.07) is 17.1. The van der Waals surface area contributed by atoms with Gasteiger partial charge in [-0.15, -0.1) is 0 Å². The van der Waals surface area contributed by atoms with Crippen molar-refractivity contribution in [2.45, 2.75) is 12.8 Å². The summed E-state index contributed by atoms with van der Waals surface area (Å²) >= 11 is 0. The SMILES string of the molecule is NCCc1cccc(Cc2c[nH]c3ccccc23)c1. The van der Waals surface area contributed by atoms with Crippen LogP contribution in [0.15, 0.2) is 54.7 Å². The van der Waals surface area contributed by atoms with Gasteiger partial charge in [-0.3, -0.25) is 0 Å². The molecular weight excluding hydrogens is 232 g/mol. The topological polar surface area (TPSA) is 41.8 Å². The number of fused-ring (bicyclic) bond motifs is 1. The van der Waals surface area contributed by atoms with Crippen molar-refractivity contribution in [1.29, 1.82) is 0 Å². The summed E-state index contributed by atoms with van der Waals surface area (Å²) in [5, 5.41) is 1.31. The van der Waals surface area contributed by atoms with E-state index in [1.165, 1.54) is 27.6 Å². The van der Waals surface area contributed by atoms with Crippen LogP contribution in [-0.2, 0) is 12.8 Å². The van der Waals surface area contributed by atoms with Gasteiger partial charge < -0.3 is 10.7 Å². The van der Waals surface area contributed by atoms with Gasteiger partial charge in [0.05, 0.1) is 0 Å². The summed E-state index contributed by atoms with van der Waals surface area (Å²) in [6.07, 6.45) is 4.02. The molecule has 3 N–H and O–H groups in total. The second-order valence-electron chi connectivity index (χ2n) is 4.89. The Morgan fingerprint density at radius 1 is 0.947 bits per heavy atom. The van der Waals surface area contributed by atoms with E-state index in [0.717, 1.165) is 12.8 Å². The van der Waals surface area contributed by atoms with E-state index in [9.17, 15) is 0 Å². The van der Waals surface area contributed by atoms with E-state index in [2.05, 4.69) is 59.7 Å². The lowest BCUT2D eigenvalue weighted by molar-refractivity contribution is 0.964. The Labute approximate surface area is 113 Å². The number of hydrogen-bond donors (Lipinski definition) is 2. The van der Waals surface area contributed by atoms with Crippen LogP contribution in [0.25, 0.3) is 10.9 Å². The molecule has 0 atom stereocenters. The highest BCUT2D eigenvalue weighted by molar-refractivity contribution is 5.83. The zero-order chi connectivity index (χ0) is 13.1. The molecule has 0 radical (unpaired) electrons. The van der Waals surface area contributed by atoms with Crippen molar-refractivity contribution in [2.24, 2.45) is 5.73 Å². The molecule has 0 fully saturated rings. The van der Waals surface area contributed by atoms with E-state index < -0.39 is 0 Å². The molecule has 2 aromatic carbocycles. The molecule has 1 heterocycles. The van der Waals surface area contributed by atoms with Gasteiger partial charge in [0.2, 0.25) is 0 Å². The highest BCUT2D eigenvalue weighted by Crippen LogP contribution is 2.21. The molecule has 0 bridgehead atoms. The Hall–Kier alpha value is -2.06. The van der Waals surface area contributed by atoms with E-state index >= 15 is 0 Å². The fourth-order valence-corrected chi connectivity index (χ4v) is 2.56. The van der Waals surface area contributed by atoms with Gasteiger partial charge in [0.15, 0.2) is 0 Å². The Balaban J connectivity index is 1.90. The number of rotatable bonds is 4. The molecule has 19 heavy (non-hydrogen) atoms. The van der Waals surface area contributed by atoms with Crippen LogP contribution >= 0.6 is 0 Å². The van der Waals surface area contributed by atoms with E-state index in [4.69, 9.17) is 5.73 Å². The molecule has 0 saturated heterocycles. The van der Waals surface area contributed by atoms with Crippen LogP contribution < -0.4 is 5.73 Å². The van der Waals surface area contributed by atoms with Gasteiger partial charge >= 0.3 is 0 Å². The van der Waals surface area contributed by atoms with Gasteiger partial charge in [-0.2, -0.15) is 0 Å². The first-order valence-electron chi connectivity index (χ1n) is 6.69. The summed E-state index contributed by atoms with van der Waals surface area (Å²) in [5.74, 6) is 0. The van der Waals surface area contributed by atoms with Crippen molar-refractivity contribution in [3.8, 4) is 0 Å². The van der Waals surface area contributed by atoms with Crippen molar-refractivity contribution in [1.82, 2.24) is 4.98 Å². The van der Waals surface area contributed by atoms with E-state index in [-0.39, 0.29) is 0 Å². The summed E-state index contributed by atoms with van der Waals surface area (Å²) in [5.41, 5.74) is 10.8. The van der Waals surface area contributed by atoms with Gasteiger partial charge in [-0.1, -0.05) is 42.5 Å². The minimum atomic E-state index is 0.705. The van der Waals surface area contributed by atoms with Crippen LogP contribution in [-0.4, -0.2) is 11.5 Å². The molecule has 2 nitrogen and oxygen atoms in total. The van der Waals surface area contributed by atoms with Gasteiger partial charge in [0.1, 0.15) is 0 Å². The standard InChI is InChI=1S/C17H18N2/c18-9-8-13-4-3-5-14(10-13)11-15-12-19-17-7-2-1-6-16(15)17/h1-7,10,12,19H,8-9,11,18H2. The molecule has 0 unspecified atom stereocenters. The lowest BCUT2D eigenvalue weighted by atomic mass is 10.0. The summed E-state index contributed by atoms with van der Waals surface area (Å²) < 4.78 is 0. The van der Waals surface area contributed by atoms with Gasteiger partial charge in [0.25, 0.3) is 0 Å². The second kappa shape index (κ2) is 5.29. The summed E-state index contributed by atoms with van der Waals surface area (Å²) in [6.45, 7) is 0.705. The third-order valence-electron chi connectivity index (χ3n) is 3.49. The number of nitrogens with one attached hydrogen (secondary N) is 1. The molecule has 2 heteroatoms. The largest absolute Gasteiger partial charge is 0.361 e. The lowest BCUT2D eigenvalue weighted by Gasteiger charge is -2.04.